The standard InChI is InChI=1S/C23H23N3O2/c1-23(2,3)28-22(27)26-10-9-17(14-26)20-12-18(16-7-5-4-6-8-16)11-19-13-24-15-25-21(19)20/h4-9,11-13,15H,10,14H2,1-3H3. The number of benzene rings is 2. The smallest absolute Gasteiger partial charge is 0.410 e. The Bertz CT molecular complexity index is 1050. The van der Waals surface area contributed by atoms with Crippen LogP contribution in [0.25, 0.3) is 27.6 Å². The summed E-state index contributed by atoms with van der Waals surface area (Å²) in [6.45, 7) is 6.67. The Hall–Kier alpha value is -3.21. The number of ether oxygens (including phenoxy) is 1. The number of rotatable bonds is 2. The highest BCUT2D eigenvalue weighted by atomic mass is 16.6. The molecular weight excluding hydrogens is 350 g/mol. The molecule has 0 fully saturated rings. The molecule has 0 N–H and O–H groups in total. The van der Waals surface area contributed by atoms with Crippen LogP contribution in [0.5, 0.6) is 0 Å². The normalized spacial score (nSPS) is 14.2. The molecule has 0 aliphatic carbocycles. The van der Waals surface area contributed by atoms with Crippen LogP contribution in [0.15, 0.2) is 61.1 Å². The monoisotopic (exact) mass is 373 g/mol. The largest absolute Gasteiger partial charge is 0.444 e. The Morgan fingerprint density at radius 1 is 1.11 bits per heavy atom. The number of amides is 1. The van der Waals surface area contributed by atoms with Crippen molar-refractivity contribution in [3.63, 3.8) is 0 Å². The van der Waals surface area contributed by atoms with Crippen LogP contribution in [-0.2, 0) is 4.74 Å². The first kappa shape index (κ1) is 18.2. The molecule has 0 radical (unpaired) electrons. The number of aromatic nitrogens is 2. The van der Waals surface area contributed by atoms with Gasteiger partial charge in [-0.05, 0) is 49.6 Å². The number of nitrogens with zero attached hydrogens (tertiary/aromatic N) is 3. The van der Waals surface area contributed by atoms with Crippen molar-refractivity contribution in [1.82, 2.24) is 14.9 Å². The Morgan fingerprint density at radius 3 is 2.64 bits per heavy atom. The molecule has 3 aromatic rings. The maximum atomic E-state index is 12.4. The highest BCUT2D eigenvalue weighted by molar-refractivity contribution is 5.95. The van der Waals surface area contributed by atoms with E-state index in [4.69, 9.17) is 4.74 Å². The lowest BCUT2D eigenvalue weighted by molar-refractivity contribution is 0.0306. The van der Waals surface area contributed by atoms with Crippen LogP contribution in [0.1, 0.15) is 26.3 Å². The summed E-state index contributed by atoms with van der Waals surface area (Å²) in [6, 6.07) is 14.5. The Labute approximate surface area is 164 Å². The summed E-state index contributed by atoms with van der Waals surface area (Å²) < 4.78 is 5.51. The van der Waals surface area contributed by atoms with E-state index < -0.39 is 5.60 Å². The van der Waals surface area contributed by atoms with Gasteiger partial charge in [0.05, 0.1) is 5.52 Å². The van der Waals surface area contributed by atoms with Gasteiger partial charge in [0.2, 0.25) is 0 Å². The lowest BCUT2D eigenvalue weighted by atomic mass is 9.96. The lowest BCUT2D eigenvalue weighted by Gasteiger charge is -2.24. The van der Waals surface area contributed by atoms with E-state index in [1.165, 1.54) is 0 Å². The summed E-state index contributed by atoms with van der Waals surface area (Å²) in [7, 11) is 0. The highest BCUT2D eigenvalue weighted by Crippen LogP contribution is 2.32. The zero-order chi connectivity index (χ0) is 19.7. The summed E-state index contributed by atoms with van der Waals surface area (Å²) in [5.41, 5.74) is 4.74. The molecule has 2 aromatic carbocycles. The van der Waals surface area contributed by atoms with Crippen molar-refractivity contribution in [2.45, 2.75) is 26.4 Å². The molecule has 0 saturated heterocycles. The zero-order valence-electron chi connectivity index (χ0n) is 16.3. The second kappa shape index (κ2) is 7.08. The third-order valence-electron chi connectivity index (χ3n) is 4.63. The van der Waals surface area contributed by atoms with Crippen molar-refractivity contribution < 1.29 is 9.53 Å². The Kier molecular flexibility index (Phi) is 4.59. The summed E-state index contributed by atoms with van der Waals surface area (Å²) in [5.74, 6) is 0. The van der Waals surface area contributed by atoms with Crippen molar-refractivity contribution in [1.29, 1.82) is 0 Å². The van der Waals surface area contributed by atoms with Crippen LogP contribution in [-0.4, -0.2) is 39.7 Å². The molecule has 0 spiro atoms. The molecule has 1 amide bonds. The number of carbonyl (C=O) groups excluding carboxylic acids is 1. The van der Waals surface area contributed by atoms with E-state index in [1.807, 2.05) is 45.2 Å². The van der Waals surface area contributed by atoms with Gasteiger partial charge in [0.15, 0.2) is 0 Å². The van der Waals surface area contributed by atoms with Gasteiger partial charge >= 0.3 is 6.09 Å². The van der Waals surface area contributed by atoms with Gasteiger partial charge < -0.3 is 9.64 Å². The lowest BCUT2D eigenvalue weighted by Crippen LogP contribution is -2.35. The molecule has 2 heterocycles. The van der Waals surface area contributed by atoms with Gasteiger partial charge in [0.1, 0.15) is 11.9 Å². The molecular formula is C23H23N3O2. The maximum Gasteiger partial charge on any atom is 0.410 e. The van der Waals surface area contributed by atoms with E-state index in [2.05, 4.69) is 40.3 Å². The van der Waals surface area contributed by atoms with Gasteiger partial charge in [-0.25, -0.2) is 14.8 Å². The number of carbonyl (C=O) groups is 1. The summed E-state index contributed by atoms with van der Waals surface area (Å²) >= 11 is 0. The van der Waals surface area contributed by atoms with E-state index in [0.717, 1.165) is 33.2 Å². The average Bonchev–Trinajstić information content (AvgIpc) is 3.17. The third kappa shape index (κ3) is 3.74. The molecule has 0 unspecified atom stereocenters. The molecule has 1 aliphatic rings. The van der Waals surface area contributed by atoms with Crippen LogP contribution >= 0.6 is 0 Å². The molecule has 0 atom stereocenters. The van der Waals surface area contributed by atoms with Crippen molar-refractivity contribution in [2.24, 2.45) is 0 Å². The van der Waals surface area contributed by atoms with E-state index in [-0.39, 0.29) is 6.09 Å². The highest BCUT2D eigenvalue weighted by Gasteiger charge is 2.26. The van der Waals surface area contributed by atoms with Gasteiger partial charge in [-0.1, -0.05) is 36.4 Å². The van der Waals surface area contributed by atoms with Crippen LogP contribution in [0.2, 0.25) is 0 Å². The quantitative estimate of drug-likeness (QED) is 0.639. The SMILES string of the molecule is CC(C)(C)OC(=O)N1CC=C(c2cc(-c3ccccc3)cc3cncnc23)C1. The van der Waals surface area contributed by atoms with Crippen LogP contribution in [0, 0.1) is 0 Å². The van der Waals surface area contributed by atoms with E-state index in [9.17, 15) is 4.79 Å². The van der Waals surface area contributed by atoms with Gasteiger partial charge in [0, 0.05) is 30.2 Å². The number of fused-ring (bicyclic) bond motifs is 1. The van der Waals surface area contributed by atoms with Gasteiger partial charge in [-0.3, -0.25) is 0 Å². The van der Waals surface area contributed by atoms with E-state index in [0.29, 0.717) is 13.1 Å². The molecule has 5 heteroatoms. The molecule has 28 heavy (non-hydrogen) atoms. The minimum atomic E-state index is -0.507. The molecule has 142 valence electrons. The minimum Gasteiger partial charge on any atom is -0.444 e. The molecule has 0 saturated carbocycles. The second-order valence-corrected chi connectivity index (χ2v) is 7.94. The Balaban J connectivity index is 1.70. The molecule has 4 rings (SSSR count). The first-order valence-corrected chi connectivity index (χ1v) is 9.37. The van der Waals surface area contributed by atoms with Crippen LogP contribution in [0.4, 0.5) is 4.79 Å². The molecule has 5 nitrogen and oxygen atoms in total. The first-order valence-electron chi connectivity index (χ1n) is 9.37. The summed E-state index contributed by atoms with van der Waals surface area (Å²) in [5, 5.41) is 0.982. The van der Waals surface area contributed by atoms with Crippen LogP contribution in [0.3, 0.4) is 0 Å². The van der Waals surface area contributed by atoms with Crippen molar-refractivity contribution in [3.8, 4) is 11.1 Å². The molecule has 1 aromatic heterocycles. The van der Waals surface area contributed by atoms with Crippen molar-refractivity contribution >= 4 is 22.6 Å². The average molecular weight is 373 g/mol. The third-order valence-corrected chi connectivity index (χ3v) is 4.63. The molecule has 1 aliphatic heterocycles. The fourth-order valence-corrected chi connectivity index (χ4v) is 3.36. The second-order valence-electron chi connectivity index (χ2n) is 7.94. The first-order chi connectivity index (χ1) is 13.4. The predicted molar refractivity (Wildman–Crippen MR) is 111 cm³/mol. The number of hydrogen-bond acceptors (Lipinski definition) is 4. The fraction of sp³-hybridized carbons (Fsp3) is 0.261. The summed E-state index contributed by atoms with van der Waals surface area (Å²) in [6.07, 6.45) is 5.18. The van der Waals surface area contributed by atoms with Crippen LogP contribution < -0.4 is 0 Å². The van der Waals surface area contributed by atoms with E-state index >= 15 is 0 Å². The summed E-state index contributed by atoms with van der Waals surface area (Å²) in [4.78, 5) is 22.8. The molecule has 0 bridgehead atoms. The fourth-order valence-electron chi connectivity index (χ4n) is 3.36. The predicted octanol–water partition coefficient (Wildman–Crippen LogP) is 4.93. The Morgan fingerprint density at radius 2 is 1.89 bits per heavy atom. The van der Waals surface area contributed by atoms with Gasteiger partial charge in [0.25, 0.3) is 0 Å². The number of hydrogen-bond donors (Lipinski definition) is 0. The van der Waals surface area contributed by atoms with Crippen molar-refractivity contribution in [3.05, 3.63) is 66.6 Å². The van der Waals surface area contributed by atoms with E-state index in [1.54, 1.807) is 11.2 Å². The maximum absolute atomic E-state index is 12.4. The minimum absolute atomic E-state index is 0.295. The van der Waals surface area contributed by atoms with Crippen molar-refractivity contribution in [2.75, 3.05) is 13.1 Å². The topological polar surface area (TPSA) is 55.3 Å². The zero-order valence-corrected chi connectivity index (χ0v) is 16.3. The van der Waals surface area contributed by atoms with Gasteiger partial charge in [-0.15, -0.1) is 0 Å². The van der Waals surface area contributed by atoms with Gasteiger partial charge in [-0.2, -0.15) is 0 Å².